The van der Waals surface area contributed by atoms with Crippen LogP contribution in [-0.4, -0.2) is 32.9 Å². The maximum Gasteiger partial charge on any atom is 0.319 e. The first-order chi connectivity index (χ1) is 13.7. The SMILES string of the molecule is O=C(Nc1ccc(-c2nc(NC(=O)C3CC3)nc3[nH]ccc23)cc1)NC1CC1. The molecule has 2 fully saturated rings. The molecule has 28 heavy (non-hydrogen) atoms. The van der Waals surface area contributed by atoms with Crippen molar-refractivity contribution in [3.63, 3.8) is 0 Å². The van der Waals surface area contributed by atoms with Gasteiger partial charge in [-0.05, 0) is 43.9 Å². The highest BCUT2D eigenvalue weighted by Crippen LogP contribution is 2.31. The number of H-pyrrole nitrogens is 1. The lowest BCUT2D eigenvalue weighted by molar-refractivity contribution is -0.117. The largest absolute Gasteiger partial charge is 0.346 e. The molecule has 8 heteroatoms. The number of hydrogen-bond donors (Lipinski definition) is 4. The summed E-state index contributed by atoms with van der Waals surface area (Å²) in [6.45, 7) is 0. The molecule has 0 spiro atoms. The number of urea groups is 1. The number of aromatic nitrogens is 3. The Kier molecular flexibility index (Phi) is 3.96. The van der Waals surface area contributed by atoms with Crippen LogP contribution < -0.4 is 16.0 Å². The molecule has 142 valence electrons. The van der Waals surface area contributed by atoms with Gasteiger partial charge >= 0.3 is 6.03 Å². The number of nitrogens with one attached hydrogen (secondary N) is 4. The minimum atomic E-state index is -0.185. The molecule has 2 saturated carbocycles. The van der Waals surface area contributed by atoms with Crippen molar-refractivity contribution in [2.24, 2.45) is 5.92 Å². The van der Waals surface area contributed by atoms with Gasteiger partial charge in [0.2, 0.25) is 11.9 Å². The third-order valence-corrected chi connectivity index (χ3v) is 4.93. The lowest BCUT2D eigenvalue weighted by Crippen LogP contribution is -2.30. The summed E-state index contributed by atoms with van der Waals surface area (Å²) in [7, 11) is 0. The summed E-state index contributed by atoms with van der Waals surface area (Å²) in [5, 5.41) is 9.41. The molecule has 5 rings (SSSR count). The molecule has 0 atom stereocenters. The van der Waals surface area contributed by atoms with Crippen LogP contribution in [0.4, 0.5) is 16.4 Å². The van der Waals surface area contributed by atoms with E-state index in [-0.39, 0.29) is 17.9 Å². The van der Waals surface area contributed by atoms with Crippen molar-refractivity contribution in [3.8, 4) is 11.3 Å². The fourth-order valence-electron chi connectivity index (χ4n) is 3.07. The van der Waals surface area contributed by atoms with Gasteiger partial charge in [0, 0.05) is 34.8 Å². The molecule has 3 aromatic rings. The lowest BCUT2D eigenvalue weighted by atomic mass is 10.1. The fraction of sp³-hybridized carbons (Fsp3) is 0.300. The average molecular weight is 376 g/mol. The minimum Gasteiger partial charge on any atom is -0.346 e. The van der Waals surface area contributed by atoms with E-state index in [1.165, 1.54) is 0 Å². The topological polar surface area (TPSA) is 112 Å². The number of fused-ring (bicyclic) bond motifs is 1. The molecule has 2 aliphatic rings. The number of hydrogen-bond acceptors (Lipinski definition) is 4. The summed E-state index contributed by atoms with van der Waals surface area (Å²) < 4.78 is 0. The molecular formula is C20H20N6O2. The van der Waals surface area contributed by atoms with Crippen LogP contribution in [0.15, 0.2) is 36.5 Å². The van der Waals surface area contributed by atoms with E-state index in [4.69, 9.17) is 0 Å². The van der Waals surface area contributed by atoms with Gasteiger partial charge < -0.3 is 15.6 Å². The van der Waals surface area contributed by atoms with E-state index < -0.39 is 0 Å². The van der Waals surface area contributed by atoms with E-state index in [0.717, 1.165) is 42.3 Å². The predicted octanol–water partition coefficient (Wildman–Crippen LogP) is 3.26. The summed E-state index contributed by atoms with van der Waals surface area (Å²) in [4.78, 5) is 36.0. The Hall–Kier alpha value is -3.42. The van der Waals surface area contributed by atoms with Crippen molar-refractivity contribution >= 4 is 34.6 Å². The maximum absolute atomic E-state index is 12.1. The summed E-state index contributed by atoms with van der Waals surface area (Å²) in [5.41, 5.74) is 2.99. The van der Waals surface area contributed by atoms with Crippen molar-refractivity contribution in [1.29, 1.82) is 0 Å². The Balaban J connectivity index is 1.40. The number of carbonyl (C=O) groups is 2. The van der Waals surface area contributed by atoms with Gasteiger partial charge in [-0.25, -0.2) is 9.78 Å². The number of anilines is 2. The Morgan fingerprint density at radius 3 is 2.46 bits per heavy atom. The molecule has 4 N–H and O–H groups in total. The number of rotatable bonds is 5. The predicted molar refractivity (Wildman–Crippen MR) is 106 cm³/mol. The molecule has 0 radical (unpaired) electrons. The molecule has 2 heterocycles. The zero-order valence-electron chi connectivity index (χ0n) is 15.2. The first-order valence-corrected chi connectivity index (χ1v) is 9.50. The van der Waals surface area contributed by atoms with E-state index >= 15 is 0 Å². The summed E-state index contributed by atoms with van der Waals surface area (Å²) in [5.74, 6) is 0.351. The highest BCUT2D eigenvalue weighted by Gasteiger charge is 2.30. The van der Waals surface area contributed by atoms with E-state index in [1.54, 1.807) is 6.20 Å². The molecule has 1 aromatic carbocycles. The van der Waals surface area contributed by atoms with Crippen LogP contribution in [0.1, 0.15) is 25.7 Å². The third-order valence-electron chi connectivity index (χ3n) is 4.93. The summed E-state index contributed by atoms with van der Waals surface area (Å²) in [6, 6.07) is 9.51. The third kappa shape index (κ3) is 3.53. The first kappa shape index (κ1) is 16.7. The minimum absolute atomic E-state index is 0.0296. The monoisotopic (exact) mass is 376 g/mol. The normalized spacial score (nSPS) is 16.0. The van der Waals surface area contributed by atoms with E-state index in [0.29, 0.717) is 23.3 Å². The number of amides is 3. The van der Waals surface area contributed by atoms with Crippen LogP contribution in [0.5, 0.6) is 0 Å². The lowest BCUT2D eigenvalue weighted by Gasteiger charge is -2.09. The molecule has 0 unspecified atom stereocenters. The van der Waals surface area contributed by atoms with Gasteiger partial charge in [0.15, 0.2) is 0 Å². The smallest absolute Gasteiger partial charge is 0.319 e. The van der Waals surface area contributed by atoms with Gasteiger partial charge in [-0.2, -0.15) is 4.98 Å². The Morgan fingerprint density at radius 2 is 1.75 bits per heavy atom. The standard InChI is InChI=1S/C20H20N6O2/c27-18(12-1-2-12)26-19-24-16(15-9-10-21-17(15)25-19)11-3-5-13(6-4-11)22-20(28)23-14-7-8-14/h3-6,9-10,12,14H,1-2,7-8H2,(H2,22,23,28)(H2,21,24,25,26,27). The Morgan fingerprint density at radius 1 is 0.964 bits per heavy atom. The molecule has 8 nitrogen and oxygen atoms in total. The molecular weight excluding hydrogens is 356 g/mol. The second-order valence-electron chi connectivity index (χ2n) is 7.35. The van der Waals surface area contributed by atoms with Crippen LogP contribution in [0.25, 0.3) is 22.3 Å². The van der Waals surface area contributed by atoms with Crippen LogP contribution in [0.3, 0.4) is 0 Å². The van der Waals surface area contributed by atoms with Crippen molar-refractivity contribution in [1.82, 2.24) is 20.3 Å². The van der Waals surface area contributed by atoms with Gasteiger partial charge in [0.1, 0.15) is 5.65 Å². The summed E-state index contributed by atoms with van der Waals surface area (Å²) >= 11 is 0. The van der Waals surface area contributed by atoms with Crippen molar-refractivity contribution in [2.45, 2.75) is 31.7 Å². The second-order valence-corrected chi connectivity index (χ2v) is 7.35. The van der Waals surface area contributed by atoms with Gasteiger partial charge in [-0.15, -0.1) is 0 Å². The zero-order chi connectivity index (χ0) is 19.1. The zero-order valence-corrected chi connectivity index (χ0v) is 15.2. The van der Waals surface area contributed by atoms with Crippen molar-refractivity contribution in [2.75, 3.05) is 10.6 Å². The van der Waals surface area contributed by atoms with Crippen molar-refractivity contribution in [3.05, 3.63) is 36.5 Å². The molecule has 2 aliphatic carbocycles. The van der Waals surface area contributed by atoms with Gasteiger partial charge in [-0.3, -0.25) is 10.1 Å². The average Bonchev–Trinajstić information content (AvgIpc) is 3.61. The quantitative estimate of drug-likeness (QED) is 0.547. The van der Waals surface area contributed by atoms with Crippen LogP contribution >= 0.6 is 0 Å². The number of benzene rings is 1. The molecule has 0 aliphatic heterocycles. The first-order valence-electron chi connectivity index (χ1n) is 9.50. The maximum atomic E-state index is 12.1. The van der Waals surface area contributed by atoms with Gasteiger partial charge in [-0.1, -0.05) is 12.1 Å². The molecule has 0 saturated heterocycles. The Labute approximate surface area is 161 Å². The van der Waals surface area contributed by atoms with E-state index in [9.17, 15) is 9.59 Å². The van der Waals surface area contributed by atoms with E-state index in [2.05, 4.69) is 30.9 Å². The van der Waals surface area contributed by atoms with Gasteiger partial charge in [0.05, 0.1) is 5.69 Å². The highest BCUT2D eigenvalue weighted by atomic mass is 16.2. The van der Waals surface area contributed by atoms with Crippen molar-refractivity contribution < 1.29 is 9.59 Å². The number of carbonyl (C=O) groups excluding carboxylic acids is 2. The van der Waals surface area contributed by atoms with E-state index in [1.807, 2.05) is 30.3 Å². The highest BCUT2D eigenvalue weighted by molar-refractivity contribution is 5.96. The molecule has 0 bridgehead atoms. The number of aromatic amines is 1. The molecule has 2 aromatic heterocycles. The number of nitrogens with zero attached hydrogens (tertiary/aromatic N) is 2. The Bertz CT molecular complexity index is 1050. The van der Waals surface area contributed by atoms with Gasteiger partial charge in [0.25, 0.3) is 0 Å². The van der Waals surface area contributed by atoms with Crippen LogP contribution in [0.2, 0.25) is 0 Å². The molecule has 3 amide bonds. The fourth-order valence-corrected chi connectivity index (χ4v) is 3.07. The second kappa shape index (κ2) is 6.63. The summed E-state index contributed by atoms with van der Waals surface area (Å²) in [6.07, 6.45) is 5.74. The van der Waals surface area contributed by atoms with Crippen LogP contribution in [0, 0.1) is 5.92 Å². The van der Waals surface area contributed by atoms with Crippen LogP contribution in [-0.2, 0) is 4.79 Å².